The second kappa shape index (κ2) is 8.01. The Balaban J connectivity index is 1.58. The van der Waals surface area contributed by atoms with E-state index in [4.69, 9.17) is 0 Å². The Morgan fingerprint density at radius 1 is 1.07 bits per heavy atom. The molecule has 0 bridgehead atoms. The van der Waals surface area contributed by atoms with E-state index in [0.717, 1.165) is 30.6 Å². The number of carbonyl (C=O) groups excluding carboxylic acids is 2. The van der Waals surface area contributed by atoms with E-state index in [-0.39, 0.29) is 16.7 Å². The first kappa shape index (κ1) is 22.5. The van der Waals surface area contributed by atoms with Gasteiger partial charge < -0.3 is 10.2 Å². The van der Waals surface area contributed by atoms with Crippen molar-refractivity contribution in [2.45, 2.75) is 103 Å². The summed E-state index contributed by atoms with van der Waals surface area (Å²) >= 11 is 1.95. The molecule has 3 saturated carbocycles. The highest BCUT2D eigenvalue weighted by Crippen LogP contribution is 2.67. The Bertz CT molecular complexity index is 697. The lowest BCUT2D eigenvalue weighted by Gasteiger charge is -2.62. The number of likely N-dealkylation sites (tertiary alicyclic amines) is 1. The van der Waals surface area contributed by atoms with E-state index in [9.17, 15) is 9.59 Å². The summed E-state index contributed by atoms with van der Waals surface area (Å²) in [6.07, 6.45) is 9.38. The highest BCUT2D eigenvalue weighted by atomic mass is 32.2. The van der Waals surface area contributed by atoms with Crippen LogP contribution in [0, 0.1) is 34.5 Å². The third-order valence-corrected chi connectivity index (χ3v) is 11.0. The molecule has 0 aromatic carbocycles. The number of thioether (sulfide) groups is 1. The quantitative estimate of drug-likeness (QED) is 0.629. The number of piperidine rings is 1. The van der Waals surface area contributed by atoms with Crippen LogP contribution >= 0.6 is 11.8 Å². The number of rotatable bonds is 4. The van der Waals surface area contributed by atoms with Crippen LogP contribution in [0.5, 0.6) is 0 Å². The molecule has 8 atom stereocenters. The lowest BCUT2D eigenvalue weighted by atomic mass is 9.47. The van der Waals surface area contributed by atoms with E-state index >= 15 is 0 Å². The highest BCUT2D eigenvalue weighted by Gasteiger charge is 2.62. The van der Waals surface area contributed by atoms with Crippen molar-refractivity contribution in [1.29, 1.82) is 0 Å². The summed E-state index contributed by atoms with van der Waals surface area (Å²) in [4.78, 5) is 26.4. The van der Waals surface area contributed by atoms with Crippen LogP contribution < -0.4 is 5.32 Å². The Hall–Kier alpha value is -0.710. The minimum atomic E-state index is 0.108. The second-order valence-electron chi connectivity index (χ2n) is 11.5. The summed E-state index contributed by atoms with van der Waals surface area (Å²) in [7, 11) is 2.05. The average molecular weight is 435 g/mol. The molecule has 1 N–H and O–H groups in total. The molecular weight excluding hydrogens is 392 g/mol. The zero-order valence-electron chi connectivity index (χ0n) is 19.9. The van der Waals surface area contributed by atoms with Crippen molar-refractivity contribution in [1.82, 2.24) is 10.2 Å². The van der Waals surface area contributed by atoms with Crippen LogP contribution in [0.4, 0.5) is 0 Å². The SMILES string of the molecule is CC(=O)NC(SC(C)C)[C@H]1CC[C@H]2[C@@H]3CC[C@H]4N(C)C(=O)CC[C@]4(C)[C@H]3CC[C@]12C. The Kier molecular flexibility index (Phi) is 6.00. The molecule has 0 aromatic rings. The number of fused-ring (bicyclic) bond motifs is 5. The second-order valence-corrected chi connectivity index (χ2v) is 13.2. The predicted octanol–water partition coefficient (Wildman–Crippen LogP) is 5.07. The molecular formula is C25H42N2O2S. The van der Waals surface area contributed by atoms with E-state index in [2.05, 4.69) is 37.9 Å². The van der Waals surface area contributed by atoms with Crippen LogP contribution in [0.25, 0.3) is 0 Å². The lowest BCUT2D eigenvalue weighted by Crippen LogP contribution is -2.61. The zero-order chi connectivity index (χ0) is 21.8. The number of hydrogen-bond donors (Lipinski definition) is 1. The van der Waals surface area contributed by atoms with Gasteiger partial charge in [-0.3, -0.25) is 9.59 Å². The fourth-order valence-electron chi connectivity index (χ4n) is 8.41. The maximum Gasteiger partial charge on any atom is 0.222 e. The van der Waals surface area contributed by atoms with Gasteiger partial charge in [-0.15, -0.1) is 11.8 Å². The van der Waals surface area contributed by atoms with Gasteiger partial charge in [0, 0.05) is 31.7 Å². The third-order valence-electron chi connectivity index (χ3n) is 9.76. The van der Waals surface area contributed by atoms with E-state index in [1.54, 1.807) is 6.92 Å². The number of nitrogens with zero attached hydrogens (tertiary/aromatic N) is 1. The molecule has 30 heavy (non-hydrogen) atoms. The van der Waals surface area contributed by atoms with E-state index in [1.165, 1.54) is 38.5 Å². The maximum absolute atomic E-state index is 12.4. The summed E-state index contributed by atoms with van der Waals surface area (Å²) in [5, 5.41) is 4.08. The van der Waals surface area contributed by atoms with Crippen LogP contribution in [0.2, 0.25) is 0 Å². The highest BCUT2D eigenvalue weighted by molar-refractivity contribution is 8.00. The molecule has 4 nitrogen and oxygen atoms in total. The lowest BCUT2D eigenvalue weighted by molar-refractivity contribution is -0.158. The van der Waals surface area contributed by atoms with Crippen molar-refractivity contribution in [2.24, 2.45) is 34.5 Å². The van der Waals surface area contributed by atoms with Gasteiger partial charge in [0.1, 0.15) is 0 Å². The van der Waals surface area contributed by atoms with E-state index < -0.39 is 0 Å². The van der Waals surface area contributed by atoms with Gasteiger partial charge in [-0.1, -0.05) is 27.7 Å². The van der Waals surface area contributed by atoms with Gasteiger partial charge in [-0.25, -0.2) is 0 Å². The molecule has 4 aliphatic rings. The third kappa shape index (κ3) is 3.51. The van der Waals surface area contributed by atoms with Crippen molar-refractivity contribution in [3.05, 3.63) is 0 Å². The molecule has 5 heteroatoms. The molecule has 170 valence electrons. The molecule has 1 saturated heterocycles. The molecule has 0 aromatic heterocycles. The number of amides is 2. The maximum atomic E-state index is 12.4. The number of hydrogen-bond acceptors (Lipinski definition) is 3. The minimum Gasteiger partial charge on any atom is -0.344 e. The van der Waals surface area contributed by atoms with Crippen molar-refractivity contribution in [3.63, 3.8) is 0 Å². The normalized spacial score (nSPS) is 44.3. The molecule has 1 heterocycles. The standard InChI is InChI=1S/C25H42N2O2S/c1-15(2)30-23(26-16(3)28)20-9-8-18-17-7-10-21-25(5,14-12-22(29)27(21)6)19(17)11-13-24(18,20)4/h15,17-21,23H,7-14H2,1-6H3,(H,26,28)/t17-,18-,19-,20+,21+,23?,24-,25+/m0/s1. The van der Waals surface area contributed by atoms with Crippen LogP contribution in [-0.4, -0.2) is 40.4 Å². The van der Waals surface area contributed by atoms with E-state index in [1.807, 2.05) is 18.8 Å². The molecule has 2 amide bonds. The molecule has 4 fully saturated rings. The molecule has 0 radical (unpaired) electrons. The van der Waals surface area contributed by atoms with Gasteiger partial charge in [-0.2, -0.15) is 0 Å². The Morgan fingerprint density at radius 2 is 1.77 bits per heavy atom. The van der Waals surface area contributed by atoms with Gasteiger partial charge in [0.05, 0.1) is 5.37 Å². The Labute approximate surface area is 187 Å². The van der Waals surface area contributed by atoms with Crippen LogP contribution in [-0.2, 0) is 9.59 Å². The van der Waals surface area contributed by atoms with Crippen molar-refractivity contribution < 1.29 is 9.59 Å². The molecule has 4 rings (SSSR count). The van der Waals surface area contributed by atoms with Gasteiger partial charge in [0.2, 0.25) is 11.8 Å². The first-order valence-corrected chi connectivity index (χ1v) is 13.2. The molecule has 0 spiro atoms. The van der Waals surface area contributed by atoms with Crippen LogP contribution in [0.3, 0.4) is 0 Å². The zero-order valence-corrected chi connectivity index (χ0v) is 20.7. The number of nitrogens with one attached hydrogen (secondary N) is 1. The molecule has 1 aliphatic heterocycles. The number of carbonyl (C=O) groups is 2. The first-order valence-electron chi connectivity index (χ1n) is 12.3. The van der Waals surface area contributed by atoms with E-state index in [0.29, 0.717) is 28.5 Å². The summed E-state index contributed by atoms with van der Waals surface area (Å²) in [5.41, 5.74) is 0.616. The first-order chi connectivity index (χ1) is 14.1. The fourth-order valence-corrected chi connectivity index (χ4v) is 9.87. The largest absolute Gasteiger partial charge is 0.344 e. The molecule has 3 aliphatic carbocycles. The summed E-state index contributed by atoms with van der Waals surface area (Å²) in [6.45, 7) is 11.2. The minimum absolute atomic E-state index is 0.108. The summed E-state index contributed by atoms with van der Waals surface area (Å²) < 4.78 is 0. The average Bonchev–Trinajstić information content (AvgIpc) is 3.01. The predicted molar refractivity (Wildman–Crippen MR) is 124 cm³/mol. The summed E-state index contributed by atoms with van der Waals surface area (Å²) in [5.74, 6) is 3.34. The van der Waals surface area contributed by atoms with Gasteiger partial charge in [0.15, 0.2) is 0 Å². The van der Waals surface area contributed by atoms with Crippen LogP contribution in [0.15, 0.2) is 0 Å². The van der Waals surface area contributed by atoms with Crippen molar-refractivity contribution in [2.75, 3.05) is 7.05 Å². The van der Waals surface area contributed by atoms with Crippen molar-refractivity contribution in [3.8, 4) is 0 Å². The Morgan fingerprint density at radius 3 is 2.43 bits per heavy atom. The monoisotopic (exact) mass is 434 g/mol. The smallest absolute Gasteiger partial charge is 0.222 e. The van der Waals surface area contributed by atoms with Crippen LogP contribution in [0.1, 0.15) is 86.0 Å². The fraction of sp³-hybridized carbons (Fsp3) is 0.920. The van der Waals surface area contributed by atoms with Gasteiger partial charge in [-0.05, 0) is 79.4 Å². The van der Waals surface area contributed by atoms with Gasteiger partial charge in [0.25, 0.3) is 0 Å². The molecule has 1 unspecified atom stereocenters. The van der Waals surface area contributed by atoms with Gasteiger partial charge >= 0.3 is 0 Å². The van der Waals surface area contributed by atoms with Crippen molar-refractivity contribution >= 4 is 23.6 Å². The topological polar surface area (TPSA) is 49.4 Å². The summed E-state index contributed by atoms with van der Waals surface area (Å²) in [6, 6.07) is 0.435.